The minimum Gasteiger partial charge on any atom is -0.351 e. The number of benzene rings is 2. The number of aryl methyl sites for hydroxylation is 1. The molecular weight excluding hydrogens is 364 g/mol. The van der Waals surface area contributed by atoms with Crippen LogP contribution in [0.4, 0.5) is 5.69 Å². The third-order valence-electron chi connectivity index (χ3n) is 4.90. The second-order valence-electron chi connectivity index (χ2n) is 6.69. The molecule has 2 aromatic carbocycles. The van der Waals surface area contributed by atoms with Crippen LogP contribution in [0.1, 0.15) is 22.7 Å². The van der Waals surface area contributed by atoms with Crippen LogP contribution < -0.4 is 10.9 Å². The Morgan fingerprint density at radius 3 is 2.96 bits per heavy atom. The molecule has 4 aromatic rings. The van der Waals surface area contributed by atoms with Crippen LogP contribution in [0.2, 0.25) is 5.02 Å². The highest BCUT2D eigenvalue weighted by Gasteiger charge is 2.17. The molecule has 1 aliphatic heterocycles. The maximum atomic E-state index is 12.7. The molecule has 0 aliphatic carbocycles. The van der Waals surface area contributed by atoms with E-state index >= 15 is 0 Å². The summed E-state index contributed by atoms with van der Waals surface area (Å²) < 4.78 is 1.72. The molecule has 0 bridgehead atoms. The van der Waals surface area contributed by atoms with Crippen LogP contribution in [-0.4, -0.2) is 20.4 Å². The SMILES string of the molecule is O=C(Nc1ccc2nc3n(c(=O)c2c1)CCC3)c1cc2cc(Cl)ccc2[nH]1. The summed E-state index contributed by atoms with van der Waals surface area (Å²) in [5.74, 6) is 0.553. The lowest BCUT2D eigenvalue weighted by atomic mass is 10.2. The van der Waals surface area contributed by atoms with Crippen LogP contribution in [0, 0.1) is 0 Å². The number of rotatable bonds is 2. The van der Waals surface area contributed by atoms with Crippen molar-refractivity contribution in [3.05, 3.63) is 69.4 Å². The molecule has 0 saturated heterocycles. The van der Waals surface area contributed by atoms with Crippen molar-refractivity contribution >= 4 is 45.0 Å². The number of carbonyl (C=O) groups excluding carboxylic acids is 1. The Morgan fingerprint density at radius 2 is 2.07 bits per heavy atom. The zero-order valence-electron chi connectivity index (χ0n) is 14.3. The van der Waals surface area contributed by atoms with E-state index in [4.69, 9.17) is 11.6 Å². The largest absolute Gasteiger partial charge is 0.351 e. The van der Waals surface area contributed by atoms with Gasteiger partial charge >= 0.3 is 0 Å². The van der Waals surface area contributed by atoms with Gasteiger partial charge in [0.15, 0.2) is 0 Å². The van der Waals surface area contributed by atoms with Gasteiger partial charge in [-0.15, -0.1) is 0 Å². The van der Waals surface area contributed by atoms with Crippen molar-refractivity contribution in [2.45, 2.75) is 19.4 Å². The smallest absolute Gasteiger partial charge is 0.272 e. The van der Waals surface area contributed by atoms with Gasteiger partial charge in [0.2, 0.25) is 0 Å². The molecule has 1 aliphatic rings. The van der Waals surface area contributed by atoms with Crippen LogP contribution in [0.25, 0.3) is 21.8 Å². The Kier molecular flexibility index (Phi) is 3.55. The second-order valence-corrected chi connectivity index (χ2v) is 7.13. The van der Waals surface area contributed by atoms with Gasteiger partial charge in [0.05, 0.1) is 10.9 Å². The lowest BCUT2D eigenvalue weighted by molar-refractivity contribution is 0.102. The third-order valence-corrected chi connectivity index (χ3v) is 5.14. The molecule has 7 heteroatoms. The van der Waals surface area contributed by atoms with E-state index in [1.54, 1.807) is 41.0 Å². The van der Waals surface area contributed by atoms with E-state index in [0.717, 1.165) is 29.6 Å². The Labute approximate surface area is 158 Å². The number of carbonyl (C=O) groups is 1. The number of hydrogen-bond acceptors (Lipinski definition) is 3. The molecule has 27 heavy (non-hydrogen) atoms. The van der Waals surface area contributed by atoms with Gasteiger partial charge in [-0.3, -0.25) is 14.2 Å². The first-order valence-electron chi connectivity index (χ1n) is 8.71. The van der Waals surface area contributed by atoms with E-state index in [1.807, 2.05) is 6.07 Å². The van der Waals surface area contributed by atoms with E-state index in [2.05, 4.69) is 15.3 Å². The van der Waals surface area contributed by atoms with Crippen LogP contribution in [-0.2, 0) is 13.0 Å². The fraction of sp³-hybridized carbons (Fsp3) is 0.150. The lowest BCUT2D eigenvalue weighted by Gasteiger charge is -2.08. The summed E-state index contributed by atoms with van der Waals surface area (Å²) in [5, 5.41) is 4.84. The van der Waals surface area contributed by atoms with Crippen molar-refractivity contribution in [2.24, 2.45) is 0 Å². The second kappa shape index (κ2) is 5.96. The molecule has 2 N–H and O–H groups in total. The zero-order chi connectivity index (χ0) is 18.5. The van der Waals surface area contributed by atoms with Crippen molar-refractivity contribution in [1.82, 2.24) is 14.5 Å². The van der Waals surface area contributed by atoms with Crippen LogP contribution >= 0.6 is 11.6 Å². The Bertz CT molecular complexity index is 1290. The van der Waals surface area contributed by atoms with Crippen molar-refractivity contribution in [3.8, 4) is 0 Å². The van der Waals surface area contributed by atoms with Gasteiger partial charge in [-0.05, 0) is 48.9 Å². The third kappa shape index (κ3) is 2.69. The summed E-state index contributed by atoms with van der Waals surface area (Å²) >= 11 is 6.00. The van der Waals surface area contributed by atoms with Crippen molar-refractivity contribution in [2.75, 3.05) is 5.32 Å². The molecular formula is C20H15ClN4O2. The number of nitrogens with one attached hydrogen (secondary N) is 2. The molecule has 0 spiro atoms. The summed E-state index contributed by atoms with van der Waals surface area (Å²) in [6.07, 6.45) is 1.76. The van der Waals surface area contributed by atoms with E-state index in [1.165, 1.54) is 0 Å². The first-order valence-corrected chi connectivity index (χ1v) is 9.09. The summed E-state index contributed by atoms with van der Waals surface area (Å²) in [6, 6.07) is 12.4. The number of anilines is 1. The fourth-order valence-corrected chi connectivity index (χ4v) is 3.77. The van der Waals surface area contributed by atoms with Gasteiger partial charge in [-0.2, -0.15) is 0 Å². The molecule has 1 amide bonds. The molecule has 0 fully saturated rings. The number of nitrogens with zero attached hydrogens (tertiary/aromatic N) is 2. The molecule has 0 radical (unpaired) electrons. The first-order chi connectivity index (χ1) is 13.1. The minimum absolute atomic E-state index is 0.0520. The Hall–Kier alpha value is -3.12. The van der Waals surface area contributed by atoms with Crippen LogP contribution in [0.15, 0.2) is 47.3 Å². The van der Waals surface area contributed by atoms with Crippen LogP contribution in [0.5, 0.6) is 0 Å². The average molecular weight is 379 g/mol. The number of aromatic amines is 1. The number of H-pyrrole nitrogens is 1. The highest BCUT2D eigenvalue weighted by atomic mass is 35.5. The van der Waals surface area contributed by atoms with Gasteiger partial charge in [0.1, 0.15) is 11.5 Å². The Balaban J connectivity index is 1.50. The minimum atomic E-state index is -0.282. The normalized spacial score (nSPS) is 13.2. The molecule has 0 unspecified atom stereocenters. The maximum Gasteiger partial charge on any atom is 0.272 e. The topological polar surface area (TPSA) is 79.8 Å². The standard InChI is InChI=1S/C20H15ClN4O2/c21-12-3-5-15-11(8-12)9-17(23-15)19(26)22-13-4-6-16-14(10-13)20(27)25-7-1-2-18(25)24-16/h3-6,8-10,23H,1-2,7H2,(H,22,26). The van der Waals surface area contributed by atoms with Crippen LogP contribution in [0.3, 0.4) is 0 Å². The average Bonchev–Trinajstić information content (AvgIpc) is 3.28. The van der Waals surface area contributed by atoms with Gasteiger partial charge in [-0.25, -0.2) is 4.98 Å². The highest BCUT2D eigenvalue weighted by Crippen LogP contribution is 2.22. The zero-order valence-corrected chi connectivity index (χ0v) is 15.0. The molecule has 0 saturated carbocycles. The van der Waals surface area contributed by atoms with Gasteiger partial charge in [0.25, 0.3) is 11.5 Å². The summed E-state index contributed by atoms with van der Waals surface area (Å²) in [5.41, 5.74) is 2.43. The molecule has 134 valence electrons. The number of amides is 1. The quantitative estimate of drug-likeness (QED) is 0.557. The number of fused-ring (bicyclic) bond motifs is 3. The Morgan fingerprint density at radius 1 is 1.19 bits per heavy atom. The molecule has 6 nitrogen and oxygen atoms in total. The first kappa shape index (κ1) is 16.1. The van der Waals surface area contributed by atoms with E-state index in [-0.39, 0.29) is 11.5 Å². The lowest BCUT2D eigenvalue weighted by Crippen LogP contribution is -2.21. The summed E-state index contributed by atoms with van der Waals surface area (Å²) in [7, 11) is 0. The summed E-state index contributed by atoms with van der Waals surface area (Å²) in [6.45, 7) is 0.700. The fourth-order valence-electron chi connectivity index (χ4n) is 3.59. The molecule has 0 atom stereocenters. The van der Waals surface area contributed by atoms with Gasteiger partial charge < -0.3 is 10.3 Å². The number of aromatic nitrogens is 3. The maximum absolute atomic E-state index is 12.7. The predicted molar refractivity (Wildman–Crippen MR) is 106 cm³/mol. The van der Waals surface area contributed by atoms with Gasteiger partial charge in [0, 0.05) is 34.6 Å². The van der Waals surface area contributed by atoms with Gasteiger partial charge in [-0.1, -0.05) is 11.6 Å². The van der Waals surface area contributed by atoms with E-state index < -0.39 is 0 Å². The molecule has 3 heterocycles. The van der Waals surface area contributed by atoms with Crippen molar-refractivity contribution in [1.29, 1.82) is 0 Å². The number of halogens is 1. The van der Waals surface area contributed by atoms with E-state index in [0.29, 0.717) is 33.9 Å². The monoisotopic (exact) mass is 378 g/mol. The highest BCUT2D eigenvalue weighted by molar-refractivity contribution is 6.31. The number of hydrogen-bond donors (Lipinski definition) is 2. The molecule has 5 rings (SSSR count). The predicted octanol–water partition coefficient (Wildman–Crippen LogP) is 3.73. The van der Waals surface area contributed by atoms with Crippen molar-refractivity contribution < 1.29 is 4.79 Å². The summed E-state index contributed by atoms with van der Waals surface area (Å²) in [4.78, 5) is 32.9. The molecule has 2 aromatic heterocycles. The van der Waals surface area contributed by atoms with Crippen molar-refractivity contribution in [3.63, 3.8) is 0 Å². The van der Waals surface area contributed by atoms with E-state index in [9.17, 15) is 9.59 Å².